The number of carbonyl (C=O) groups is 1. The van der Waals surface area contributed by atoms with E-state index in [1.165, 1.54) is 18.3 Å². The monoisotopic (exact) mass is 316 g/mol. The van der Waals surface area contributed by atoms with Gasteiger partial charge in [-0.1, -0.05) is 0 Å². The van der Waals surface area contributed by atoms with Crippen molar-refractivity contribution < 1.29 is 18.7 Å². The summed E-state index contributed by atoms with van der Waals surface area (Å²) in [5.41, 5.74) is 5.69. The van der Waals surface area contributed by atoms with E-state index in [1.54, 1.807) is 0 Å². The Hall–Kier alpha value is -3.29. The number of H-pyrrole nitrogens is 1. The minimum Gasteiger partial charge on any atom is -0.478 e. The molecule has 2 aromatic heterocycles. The smallest absolute Gasteiger partial charge is 0.337 e. The Bertz CT molecular complexity index is 908. The molecule has 0 saturated heterocycles. The third-order valence-electron chi connectivity index (χ3n) is 3.20. The highest BCUT2D eigenvalue weighted by atomic mass is 19.1. The first-order valence-electron chi connectivity index (χ1n) is 6.46. The van der Waals surface area contributed by atoms with Crippen LogP contribution in [0.2, 0.25) is 0 Å². The summed E-state index contributed by atoms with van der Waals surface area (Å²) >= 11 is 0. The average Bonchev–Trinajstić information content (AvgIpc) is 2.95. The van der Waals surface area contributed by atoms with Gasteiger partial charge in [-0.3, -0.25) is 0 Å². The normalized spacial score (nSPS) is 10.7. The lowest BCUT2D eigenvalue weighted by Crippen LogP contribution is -1.98. The van der Waals surface area contributed by atoms with Gasteiger partial charge in [0.25, 0.3) is 0 Å². The number of carboxylic acid groups (broad SMARTS) is 1. The van der Waals surface area contributed by atoms with Crippen molar-refractivity contribution in [2.45, 2.75) is 0 Å². The lowest BCUT2D eigenvalue weighted by molar-refractivity contribution is 0.0698. The zero-order chi connectivity index (χ0) is 16.6. The maximum atomic E-state index is 13.9. The van der Waals surface area contributed by atoms with Crippen molar-refractivity contribution in [3.63, 3.8) is 0 Å². The van der Waals surface area contributed by atoms with Crippen LogP contribution in [0.4, 0.5) is 14.7 Å². The molecule has 2 heterocycles. The van der Waals surface area contributed by atoms with Crippen molar-refractivity contribution in [3.8, 4) is 22.6 Å². The zero-order valence-electron chi connectivity index (χ0n) is 11.5. The average molecular weight is 316 g/mol. The van der Waals surface area contributed by atoms with E-state index in [0.717, 1.165) is 18.2 Å². The lowest BCUT2D eigenvalue weighted by Gasteiger charge is -2.03. The first kappa shape index (κ1) is 14.6. The number of hydrogen-bond acceptors (Lipinski definition) is 4. The van der Waals surface area contributed by atoms with Crippen LogP contribution >= 0.6 is 0 Å². The van der Waals surface area contributed by atoms with E-state index < -0.39 is 17.6 Å². The fourth-order valence-corrected chi connectivity index (χ4v) is 2.19. The molecule has 0 spiro atoms. The Morgan fingerprint density at radius 3 is 2.70 bits per heavy atom. The molecule has 23 heavy (non-hydrogen) atoms. The SMILES string of the molecule is Nc1nccc(-c2cc(C(=O)O)c(-c3cc(F)ccc3F)[nH]2)n1. The second-order valence-corrected chi connectivity index (χ2v) is 4.70. The third kappa shape index (κ3) is 2.73. The molecule has 6 nitrogen and oxygen atoms in total. The quantitative estimate of drug-likeness (QED) is 0.689. The van der Waals surface area contributed by atoms with E-state index in [9.17, 15) is 18.7 Å². The summed E-state index contributed by atoms with van der Waals surface area (Å²) in [6, 6.07) is 5.60. The molecule has 0 saturated carbocycles. The second-order valence-electron chi connectivity index (χ2n) is 4.70. The van der Waals surface area contributed by atoms with E-state index >= 15 is 0 Å². The number of halogens is 2. The van der Waals surface area contributed by atoms with Crippen LogP contribution in [0.1, 0.15) is 10.4 Å². The van der Waals surface area contributed by atoms with Crippen molar-refractivity contribution in [3.05, 3.63) is 53.7 Å². The molecule has 116 valence electrons. The van der Waals surface area contributed by atoms with Crippen molar-refractivity contribution in [2.75, 3.05) is 5.73 Å². The van der Waals surface area contributed by atoms with E-state index in [4.69, 9.17) is 5.73 Å². The molecule has 4 N–H and O–H groups in total. The summed E-state index contributed by atoms with van der Waals surface area (Å²) in [5.74, 6) is -2.70. The van der Waals surface area contributed by atoms with E-state index in [0.29, 0.717) is 11.4 Å². The summed E-state index contributed by atoms with van der Waals surface area (Å²) in [6.07, 6.45) is 1.40. The topological polar surface area (TPSA) is 105 Å². The summed E-state index contributed by atoms with van der Waals surface area (Å²) in [5, 5.41) is 9.31. The molecule has 0 aliphatic heterocycles. The van der Waals surface area contributed by atoms with Crippen molar-refractivity contribution in [2.24, 2.45) is 0 Å². The van der Waals surface area contributed by atoms with Gasteiger partial charge in [0, 0.05) is 11.8 Å². The van der Waals surface area contributed by atoms with Crippen LogP contribution < -0.4 is 5.73 Å². The maximum absolute atomic E-state index is 13.9. The predicted octanol–water partition coefficient (Wildman–Crippen LogP) is 2.70. The molecule has 0 fully saturated rings. The number of hydrogen-bond donors (Lipinski definition) is 3. The molecule has 0 radical (unpaired) electrons. The van der Waals surface area contributed by atoms with E-state index in [-0.39, 0.29) is 22.8 Å². The number of aromatic amines is 1. The third-order valence-corrected chi connectivity index (χ3v) is 3.20. The summed E-state index contributed by atoms with van der Waals surface area (Å²) in [7, 11) is 0. The Kier molecular flexibility index (Phi) is 3.49. The first-order chi connectivity index (χ1) is 11.0. The highest BCUT2D eigenvalue weighted by molar-refractivity contribution is 5.97. The standard InChI is InChI=1S/C15H10F2N4O2/c16-7-1-2-10(17)8(5-7)13-9(14(22)23)6-12(20-13)11-3-4-19-15(18)21-11/h1-6,20H,(H,22,23)(H2,18,19,21). The Balaban J connectivity index is 2.21. The number of nitrogens with one attached hydrogen (secondary N) is 1. The van der Waals surface area contributed by atoms with Gasteiger partial charge in [-0.2, -0.15) is 0 Å². The number of nitrogens with zero attached hydrogens (tertiary/aromatic N) is 2. The van der Waals surface area contributed by atoms with Crippen LogP contribution in [-0.4, -0.2) is 26.0 Å². The van der Waals surface area contributed by atoms with Crippen molar-refractivity contribution in [1.29, 1.82) is 0 Å². The summed E-state index contributed by atoms with van der Waals surface area (Å²) in [6.45, 7) is 0. The minimum absolute atomic E-state index is 0.00691. The number of nitrogens with two attached hydrogens (primary N) is 1. The zero-order valence-corrected chi connectivity index (χ0v) is 11.5. The molecule has 8 heteroatoms. The molecular weight excluding hydrogens is 306 g/mol. The highest BCUT2D eigenvalue weighted by Gasteiger charge is 2.20. The van der Waals surface area contributed by atoms with Gasteiger partial charge in [0.15, 0.2) is 0 Å². The number of rotatable bonds is 3. The second kappa shape index (κ2) is 5.48. The van der Waals surface area contributed by atoms with Crippen LogP contribution in [0.15, 0.2) is 36.5 Å². The Labute approximate surface area is 128 Å². The maximum Gasteiger partial charge on any atom is 0.337 e. The number of aromatic nitrogens is 3. The van der Waals surface area contributed by atoms with Crippen molar-refractivity contribution in [1.82, 2.24) is 15.0 Å². The van der Waals surface area contributed by atoms with Gasteiger partial charge >= 0.3 is 5.97 Å². The van der Waals surface area contributed by atoms with Gasteiger partial charge in [0.1, 0.15) is 11.6 Å². The van der Waals surface area contributed by atoms with Gasteiger partial charge < -0.3 is 15.8 Å². The molecule has 0 bridgehead atoms. The van der Waals surface area contributed by atoms with Crippen LogP contribution in [0, 0.1) is 11.6 Å². The molecule has 0 amide bonds. The van der Waals surface area contributed by atoms with Crippen LogP contribution in [0.25, 0.3) is 22.6 Å². The molecular formula is C15H10F2N4O2. The number of aromatic carboxylic acids is 1. The predicted molar refractivity (Wildman–Crippen MR) is 78.5 cm³/mol. The van der Waals surface area contributed by atoms with Crippen molar-refractivity contribution >= 4 is 11.9 Å². The Morgan fingerprint density at radius 2 is 2.00 bits per heavy atom. The van der Waals surface area contributed by atoms with Gasteiger partial charge in [-0.15, -0.1) is 0 Å². The van der Waals surface area contributed by atoms with Crippen LogP contribution in [0.5, 0.6) is 0 Å². The van der Waals surface area contributed by atoms with Gasteiger partial charge in [0.2, 0.25) is 5.95 Å². The highest BCUT2D eigenvalue weighted by Crippen LogP contribution is 2.30. The van der Waals surface area contributed by atoms with E-state index in [2.05, 4.69) is 15.0 Å². The fraction of sp³-hybridized carbons (Fsp3) is 0. The van der Waals surface area contributed by atoms with E-state index in [1.807, 2.05) is 0 Å². The Morgan fingerprint density at radius 1 is 1.22 bits per heavy atom. The summed E-state index contributed by atoms with van der Waals surface area (Å²) < 4.78 is 27.3. The molecule has 1 aromatic carbocycles. The largest absolute Gasteiger partial charge is 0.478 e. The van der Waals surface area contributed by atoms with Crippen LogP contribution in [-0.2, 0) is 0 Å². The number of nitrogen functional groups attached to an aromatic ring is 1. The number of anilines is 1. The summed E-state index contributed by atoms with van der Waals surface area (Å²) in [4.78, 5) is 21.9. The lowest BCUT2D eigenvalue weighted by atomic mass is 10.1. The molecule has 0 aliphatic carbocycles. The van der Waals surface area contributed by atoms with Gasteiger partial charge in [-0.05, 0) is 30.3 Å². The van der Waals surface area contributed by atoms with Gasteiger partial charge in [0.05, 0.1) is 22.6 Å². The molecule has 0 atom stereocenters. The fourth-order valence-electron chi connectivity index (χ4n) is 2.19. The first-order valence-corrected chi connectivity index (χ1v) is 6.46. The molecule has 0 unspecified atom stereocenters. The number of benzene rings is 1. The minimum atomic E-state index is -1.28. The molecule has 3 aromatic rings. The number of carboxylic acids is 1. The molecule has 3 rings (SSSR count). The molecule has 0 aliphatic rings. The van der Waals surface area contributed by atoms with Gasteiger partial charge in [-0.25, -0.2) is 23.5 Å². The van der Waals surface area contributed by atoms with Crippen LogP contribution in [0.3, 0.4) is 0 Å².